The van der Waals surface area contributed by atoms with Crippen molar-refractivity contribution < 1.29 is 28.7 Å². The lowest BCUT2D eigenvalue weighted by Gasteiger charge is -2.30. The lowest BCUT2D eigenvalue weighted by atomic mass is 9.82. The molecule has 3 aromatic rings. The molecule has 8 nitrogen and oxygen atoms in total. The number of ether oxygens (including phenoxy) is 1. The number of hydrazine groups is 1. The monoisotopic (exact) mass is 634 g/mol. The molecule has 208 valence electrons. The average Bonchev–Trinajstić information content (AvgIpc) is 3.20. The van der Waals surface area contributed by atoms with Crippen molar-refractivity contribution in [3.8, 4) is 5.75 Å². The minimum atomic E-state index is -0.680. The molecule has 0 saturated carbocycles. The highest BCUT2D eigenvalue weighted by molar-refractivity contribution is 9.10. The number of allylic oxidation sites excluding steroid dienone is 2. The maximum absolute atomic E-state index is 13.6. The number of nitrogens with zero attached hydrogens (tertiary/aromatic N) is 2. The van der Waals surface area contributed by atoms with Crippen molar-refractivity contribution in [3.05, 3.63) is 111 Å². The van der Waals surface area contributed by atoms with Crippen LogP contribution >= 0.6 is 27.5 Å². The summed E-state index contributed by atoms with van der Waals surface area (Å²) in [6.45, 7) is 1.35. The smallest absolute Gasteiger partial charge is 0.343 e. The van der Waals surface area contributed by atoms with Gasteiger partial charge in [-0.25, -0.2) is 9.80 Å². The topological polar surface area (TPSA) is 101 Å². The SMILES string of the molecule is CC1=CC[C@@H]2C(=O)N(N(CC(=O)c3ccc(OC(=O)c4ccc(Br)cc4)cc3)C(=O)c3ccc(Cl)cc3)C(=O)[C@H]2C1. The molecule has 1 heterocycles. The zero-order chi connectivity index (χ0) is 29.3. The third-order valence-electron chi connectivity index (χ3n) is 7.13. The van der Waals surface area contributed by atoms with Gasteiger partial charge in [-0.3, -0.25) is 19.2 Å². The van der Waals surface area contributed by atoms with E-state index < -0.39 is 47.9 Å². The Balaban J connectivity index is 1.37. The molecule has 0 aromatic heterocycles. The number of Topliss-reactive ketones (excluding diaryl/α,β-unsaturated/α-hetero) is 1. The summed E-state index contributed by atoms with van der Waals surface area (Å²) in [7, 11) is 0. The van der Waals surface area contributed by atoms with Crippen LogP contribution in [0.3, 0.4) is 0 Å². The van der Waals surface area contributed by atoms with Gasteiger partial charge in [0.25, 0.3) is 17.7 Å². The Morgan fingerprint density at radius 3 is 2.12 bits per heavy atom. The van der Waals surface area contributed by atoms with Crippen LogP contribution in [0.4, 0.5) is 0 Å². The van der Waals surface area contributed by atoms with E-state index in [1.807, 2.05) is 13.0 Å². The second-order valence-electron chi connectivity index (χ2n) is 9.91. The van der Waals surface area contributed by atoms with E-state index in [2.05, 4.69) is 15.9 Å². The molecule has 0 spiro atoms. The minimum absolute atomic E-state index is 0.169. The molecular formula is C31H24BrClN2O6. The van der Waals surface area contributed by atoms with Crippen LogP contribution in [-0.2, 0) is 9.59 Å². The number of hydrogen-bond donors (Lipinski definition) is 0. The molecule has 2 aliphatic rings. The average molecular weight is 636 g/mol. The summed E-state index contributed by atoms with van der Waals surface area (Å²) < 4.78 is 6.21. The van der Waals surface area contributed by atoms with E-state index in [0.29, 0.717) is 23.4 Å². The van der Waals surface area contributed by atoms with Gasteiger partial charge in [0.2, 0.25) is 0 Å². The van der Waals surface area contributed by atoms with Gasteiger partial charge in [0.15, 0.2) is 5.78 Å². The zero-order valence-electron chi connectivity index (χ0n) is 21.9. The summed E-state index contributed by atoms with van der Waals surface area (Å²) in [4.78, 5) is 66.2. The van der Waals surface area contributed by atoms with Crippen molar-refractivity contribution in [2.75, 3.05) is 6.54 Å². The number of ketones is 1. The largest absolute Gasteiger partial charge is 0.423 e. The predicted molar refractivity (Wildman–Crippen MR) is 154 cm³/mol. The lowest BCUT2D eigenvalue weighted by Crippen LogP contribution is -2.52. The van der Waals surface area contributed by atoms with Crippen molar-refractivity contribution in [3.63, 3.8) is 0 Å². The molecular weight excluding hydrogens is 612 g/mol. The Kier molecular flexibility index (Phi) is 8.19. The predicted octanol–water partition coefficient (Wildman–Crippen LogP) is 5.90. The normalized spacial score (nSPS) is 18.0. The van der Waals surface area contributed by atoms with Gasteiger partial charge in [-0.15, -0.1) is 0 Å². The van der Waals surface area contributed by atoms with Crippen LogP contribution in [0.1, 0.15) is 50.8 Å². The molecule has 1 aliphatic carbocycles. The van der Waals surface area contributed by atoms with Crippen LogP contribution in [0.2, 0.25) is 5.02 Å². The Bertz CT molecular complexity index is 1570. The second-order valence-corrected chi connectivity index (χ2v) is 11.3. The highest BCUT2D eigenvalue weighted by Gasteiger charge is 2.51. The van der Waals surface area contributed by atoms with E-state index >= 15 is 0 Å². The number of benzene rings is 3. The number of esters is 1. The standard InChI is InChI=1S/C31H24BrClN2O6/c1-18-2-15-25-26(16-18)30(39)35(29(25)38)34(28(37)20-5-11-23(33)12-6-20)17-27(36)19-7-13-24(14-8-19)41-31(40)21-3-9-22(32)10-4-21/h2-14,25-26H,15-17H2,1H3/t25-,26-/m0/s1. The van der Waals surface area contributed by atoms with Crippen LogP contribution in [0.5, 0.6) is 5.75 Å². The molecule has 0 radical (unpaired) electrons. The van der Waals surface area contributed by atoms with Crippen LogP contribution < -0.4 is 4.74 Å². The van der Waals surface area contributed by atoms with Gasteiger partial charge in [0.1, 0.15) is 12.3 Å². The van der Waals surface area contributed by atoms with E-state index in [-0.39, 0.29) is 16.9 Å². The molecule has 3 aromatic carbocycles. The third-order valence-corrected chi connectivity index (χ3v) is 7.91. The number of halogens is 2. The number of fused-ring (bicyclic) bond motifs is 1. The first kappa shape index (κ1) is 28.4. The van der Waals surface area contributed by atoms with Gasteiger partial charge in [0.05, 0.1) is 17.4 Å². The second kappa shape index (κ2) is 11.8. The third kappa shape index (κ3) is 6.01. The Morgan fingerprint density at radius 2 is 1.46 bits per heavy atom. The summed E-state index contributed by atoms with van der Waals surface area (Å²) >= 11 is 9.29. The van der Waals surface area contributed by atoms with Crippen molar-refractivity contribution in [2.45, 2.75) is 19.8 Å². The molecule has 1 fully saturated rings. The number of rotatable bonds is 7. The van der Waals surface area contributed by atoms with E-state index in [9.17, 15) is 24.0 Å². The fourth-order valence-electron chi connectivity index (χ4n) is 4.92. The summed E-state index contributed by atoms with van der Waals surface area (Å²) in [6, 6.07) is 18.5. The summed E-state index contributed by atoms with van der Waals surface area (Å²) in [5.41, 5.74) is 1.73. The van der Waals surface area contributed by atoms with Gasteiger partial charge >= 0.3 is 5.97 Å². The maximum Gasteiger partial charge on any atom is 0.343 e. The van der Waals surface area contributed by atoms with Crippen LogP contribution in [0, 0.1) is 11.8 Å². The van der Waals surface area contributed by atoms with Gasteiger partial charge in [-0.2, -0.15) is 5.01 Å². The lowest BCUT2D eigenvalue weighted by molar-refractivity contribution is -0.154. The molecule has 10 heteroatoms. The van der Waals surface area contributed by atoms with Gasteiger partial charge in [0, 0.05) is 20.6 Å². The number of hydrogen-bond acceptors (Lipinski definition) is 6. The zero-order valence-corrected chi connectivity index (χ0v) is 24.2. The molecule has 2 atom stereocenters. The highest BCUT2D eigenvalue weighted by Crippen LogP contribution is 2.38. The molecule has 5 rings (SSSR count). The van der Waals surface area contributed by atoms with E-state index in [1.54, 1.807) is 24.3 Å². The molecule has 0 unspecified atom stereocenters. The fourth-order valence-corrected chi connectivity index (χ4v) is 5.31. The molecule has 0 bridgehead atoms. The van der Waals surface area contributed by atoms with Crippen molar-refractivity contribution in [2.24, 2.45) is 11.8 Å². The molecule has 1 saturated heterocycles. The summed E-state index contributed by atoms with van der Waals surface area (Å²) in [6.07, 6.45) is 2.75. The van der Waals surface area contributed by atoms with Crippen molar-refractivity contribution in [1.82, 2.24) is 10.0 Å². The van der Waals surface area contributed by atoms with Crippen LogP contribution in [0.15, 0.2) is 88.9 Å². The van der Waals surface area contributed by atoms with E-state index in [0.717, 1.165) is 20.1 Å². The van der Waals surface area contributed by atoms with Crippen LogP contribution in [0.25, 0.3) is 0 Å². The highest BCUT2D eigenvalue weighted by atomic mass is 79.9. The first-order chi connectivity index (χ1) is 19.6. The van der Waals surface area contributed by atoms with Crippen LogP contribution in [-0.4, -0.2) is 46.0 Å². The number of imide groups is 1. The Hall–Kier alpha value is -4.08. The number of carbonyl (C=O) groups is 5. The first-order valence-corrected chi connectivity index (χ1v) is 14.0. The molecule has 1 aliphatic heterocycles. The van der Waals surface area contributed by atoms with Gasteiger partial charge in [-0.05, 0) is 92.6 Å². The molecule has 41 heavy (non-hydrogen) atoms. The Morgan fingerprint density at radius 1 is 0.878 bits per heavy atom. The Labute approximate surface area is 249 Å². The van der Waals surface area contributed by atoms with Crippen molar-refractivity contribution in [1.29, 1.82) is 0 Å². The molecule has 3 amide bonds. The maximum atomic E-state index is 13.6. The summed E-state index contributed by atoms with van der Waals surface area (Å²) in [5, 5.41) is 2.17. The fraction of sp³-hybridized carbons (Fsp3) is 0.194. The number of carbonyl (C=O) groups excluding carboxylic acids is 5. The van der Waals surface area contributed by atoms with Crippen molar-refractivity contribution >= 4 is 57.0 Å². The van der Waals surface area contributed by atoms with E-state index in [4.69, 9.17) is 16.3 Å². The van der Waals surface area contributed by atoms with E-state index in [1.165, 1.54) is 48.5 Å². The first-order valence-electron chi connectivity index (χ1n) is 12.8. The van der Waals surface area contributed by atoms with Gasteiger partial charge < -0.3 is 4.74 Å². The minimum Gasteiger partial charge on any atom is -0.423 e. The number of amides is 3. The molecule has 0 N–H and O–H groups in total. The summed E-state index contributed by atoms with van der Waals surface area (Å²) in [5.74, 6) is -3.70. The quantitative estimate of drug-likeness (QED) is 0.105. The van der Waals surface area contributed by atoms with Gasteiger partial charge in [-0.1, -0.05) is 39.2 Å².